The van der Waals surface area contributed by atoms with Gasteiger partial charge in [-0.15, -0.1) is 0 Å². The first-order chi connectivity index (χ1) is 22.2. The summed E-state index contributed by atoms with van der Waals surface area (Å²) in [5.41, 5.74) is -0.303. The molecule has 0 heterocycles. The molecule has 0 unspecified atom stereocenters. The van der Waals surface area contributed by atoms with Crippen molar-refractivity contribution in [1.29, 1.82) is 0 Å². The second-order valence-corrected chi connectivity index (χ2v) is 14.2. The van der Waals surface area contributed by atoms with E-state index in [1.54, 1.807) is 68.4 Å². The van der Waals surface area contributed by atoms with Crippen LogP contribution >= 0.6 is 27.5 Å². The molecule has 4 rings (SSSR count). The summed E-state index contributed by atoms with van der Waals surface area (Å²) in [7, 11) is -4.59. The van der Waals surface area contributed by atoms with Gasteiger partial charge in [0.2, 0.25) is 11.8 Å². The Bertz CT molecular complexity index is 1790. The number of amides is 2. The van der Waals surface area contributed by atoms with Gasteiger partial charge in [0.15, 0.2) is 0 Å². The molecule has 0 aliphatic carbocycles. The highest BCUT2D eigenvalue weighted by atomic mass is 79.9. The van der Waals surface area contributed by atoms with Crippen molar-refractivity contribution in [2.24, 2.45) is 0 Å². The predicted octanol–water partition coefficient (Wildman–Crippen LogP) is 7.48. The van der Waals surface area contributed by atoms with E-state index in [4.69, 9.17) is 11.6 Å². The minimum absolute atomic E-state index is 0.0895. The number of rotatable bonds is 12. The first-order valence-electron chi connectivity index (χ1n) is 14.5. The van der Waals surface area contributed by atoms with E-state index < -0.39 is 56.9 Å². The highest BCUT2D eigenvalue weighted by molar-refractivity contribution is 9.10. The van der Waals surface area contributed by atoms with E-state index in [9.17, 15) is 31.2 Å². The van der Waals surface area contributed by atoms with E-state index in [1.807, 2.05) is 6.07 Å². The van der Waals surface area contributed by atoms with Crippen molar-refractivity contribution in [2.75, 3.05) is 10.8 Å². The van der Waals surface area contributed by atoms with Crippen molar-refractivity contribution >= 4 is 55.1 Å². The van der Waals surface area contributed by atoms with E-state index in [-0.39, 0.29) is 23.9 Å². The molecule has 0 radical (unpaired) electrons. The molecular formula is C34H32BrClF3N3O4S. The monoisotopic (exact) mass is 749 g/mol. The van der Waals surface area contributed by atoms with Gasteiger partial charge >= 0.3 is 6.18 Å². The highest BCUT2D eigenvalue weighted by Crippen LogP contribution is 2.38. The van der Waals surface area contributed by atoms with Crippen LogP contribution in [0.1, 0.15) is 30.5 Å². The first kappa shape index (κ1) is 36.0. The Morgan fingerprint density at radius 1 is 0.872 bits per heavy atom. The predicted molar refractivity (Wildman–Crippen MR) is 179 cm³/mol. The number of benzene rings is 4. The minimum atomic E-state index is -4.90. The Balaban J connectivity index is 1.85. The molecule has 0 aromatic heterocycles. The second kappa shape index (κ2) is 15.4. The smallest absolute Gasteiger partial charge is 0.352 e. The van der Waals surface area contributed by atoms with Crippen LogP contribution in [-0.4, -0.2) is 43.8 Å². The zero-order chi connectivity index (χ0) is 34.4. The summed E-state index contributed by atoms with van der Waals surface area (Å²) < 4.78 is 71.2. The van der Waals surface area contributed by atoms with Crippen LogP contribution in [0.2, 0.25) is 5.02 Å². The van der Waals surface area contributed by atoms with Crippen LogP contribution < -0.4 is 9.62 Å². The summed E-state index contributed by atoms with van der Waals surface area (Å²) in [6.45, 7) is 2.53. The number of nitrogens with one attached hydrogen (secondary N) is 1. The third-order valence-electron chi connectivity index (χ3n) is 7.12. The molecular weight excluding hydrogens is 719 g/mol. The third-order valence-corrected chi connectivity index (χ3v) is 9.77. The summed E-state index contributed by atoms with van der Waals surface area (Å²) in [6, 6.07) is 24.3. The molecule has 0 saturated carbocycles. The van der Waals surface area contributed by atoms with Gasteiger partial charge < -0.3 is 10.2 Å². The number of anilines is 1. The minimum Gasteiger partial charge on any atom is -0.352 e. The molecule has 2 amide bonds. The number of hydrogen-bond acceptors (Lipinski definition) is 4. The fourth-order valence-electron chi connectivity index (χ4n) is 4.86. The molecule has 4 aromatic carbocycles. The lowest BCUT2D eigenvalue weighted by molar-refractivity contribution is -0.140. The lowest BCUT2D eigenvalue weighted by atomic mass is 10.0. The number of alkyl halides is 3. The Morgan fingerprint density at radius 2 is 1.47 bits per heavy atom. The van der Waals surface area contributed by atoms with Crippen LogP contribution in [0.4, 0.5) is 18.9 Å². The fourth-order valence-corrected chi connectivity index (χ4v) is 6.77. The molecule has 1 atom stereocenters. The van der Waals surface area contributed by atoms with E-state index >= 15 is 0 Å². The van der Waals surface area contributed by atoms with E-state index in [0.29, 0.717) is 15.9 Å². The largest absolute Gasteiger partial charge is 0.417 e. The van der Waals surface area contributed by atoms with Gasteiger partial charge in [-0.1, -0.05) is 88.2 Å². The zero-order valence-electron chi connectivity index (χ0n) is 25.4. The van der Waals surface area contributed by atoms with Crippen molar-refractivity contribution in [3.63, 3.8) is 0 Å². The van der Waals surface area contributed by atoms with Crippen molar-refractivity contribution in [2.45, 2.75) is 50.0 Å². The maximum Gasteiger partial charge on any atom is 0.417 e. The van der Waals surface area contributed by atoms with Crippen LogP contribution in [-0.2, 0) is 38.8 Å². The molecule has 4 aromatic rings. The molecule has 13 heteroatoms. The quantitative estimate of drug-likeness (QED) is 0.163. The summed E-state index contributed by atoms with van der Waals surface area (Å²) in [5, 5.41) is 2.22. The highest BCUT2D eigenvalue weighted by Gasteiger charge is 2.37. The topological polar surface area (TPSA) is 86.8 Å². The van der Waals surface area contributed by atoms with Crippen LogP contribution in [0.15, 0.2) is 112 Å². The summed E-state index contributed by atoms with van der Waals surface area (Å²) in [4.78, 5) is 29.2. The molecule has 7 nitrogen and oxygen atoms in total. The fraction of sp³-hybridized carbons (Fsp3) is 0.235. The van der Waals surface area contributed by atoms with Gasteiger partial charge in [-0.05, 0) is 67.4 Å². The van der Waals surface area contributed by atoms with Crippen molar-refractivity contribution in [3.8, 4) is 0 Å². The summed E-state index contributed by atoms with van der Waals surface area (Å²) in [5.74, 6) is -1.28. The number of hydrogen-bond donors (Lipinski definition) is 1. The van der Waals surface area contributed by atoms with E-state index in [2.05, 4.69) is 21.2 Å². The van der Waals surface area contributed by atoms with Gasteiger partial charge in [-0.3, -0.25) is 13.9 Å². The average molecular weight is 751 g/mol. The van der Waals surface area contributed by atoms with Gasteiger partial charge in [-0.25, -0.2) is 8.42 Å². The molecule has 0 aliphatic heterocycles. The van der Waals surface area contributed by atoms with Crippen LogP contribution in [0, 0.1) is 0 Å². The number of carbonyl (C=O) groups excluding carboxylic acids is 2. The van der Waals surface area contributed by atoms with Gasteiger partial charge in [0, 0.05) is 23.5 Å². The maximum atomic E-state index is 14.4. The Morgan fingerprint density at radius 3 is 2.04 bits per heavy atom. The van der Waals surface area contributed by atoms with Crippen LogP contribution in [0.3, 0.4) is 0 Å². The number of sulfonamides is 1. The Hall–Kier alpha value is -3.87. The Kier molecular flexibility index (Phi) is 11.8. The SMILES string of the molecule is CC(C)NC(=O)[C@@H](Cc1ccccc1)N(Cc1ccc(Br)cc1)C(=O)CN(c1ccc(Cl)c(C(F)(F)F)c1)S(=O)(=O)c1ccccc1. The zero-order valence-corrected chi connectivity index (χ0v) is 28.6. The van der Waals surface area contributed by atoms with Crippen LogP contribution in [0.5, 0.6) is 0 Å². The normalized spacial score (nSPS) is 12.4. The van der Waals surface area contributed by atoms with Gasteiger partial charge in [0.25, 0.3) is 10.0 Å². The third kappa shape index (κ3) is 9.36. The van der Waals surface area contributed by atoms with Gasteiger partial charge in [0.05, 0.1) is 21.2 Å². The molecule has 248 valence electrons. The molecule has 47 heavy (non-hydrogen) atoms. The molecule has 0 spiro atoms. The average Bonchev–Trinajstić information content (AvgIpc) is 3.02. The molecule has 0 saturated heterocycles. The Labute approximate surface area is 285 Å². The van der Waals surface area contributed by atoms with E-state index in [1.165, 1.54) is 29.2 Å². The molecule has 0 bridgehead atoms. The second-order valence-electron chi connectivity index (χ2n) is 11.0. The standard InChI is InChI=1S/C34H32BrClF3N3O4S/c1-23(2)40-33(44)31(19-24-9-5-3-6-10-24)41(21-25-13-15-26(35)16-14-25)32(43)22-42(47(45,46)28-11-7-4-8-12-28)27-17-18-30(36)29(20-27)34(37,38)39/h3-18,20,23,31H,19,21-22H2,1-2H3,(H,40,44)/t31-/m1/s1. The first-order valence-corrected chi connectivity index (χ1v) is 17.1. The molecule has 0 aliphatic rings. The number of carbonyl (C=O) groups is 2. The van der Waals surface area contributed by atoms with E-state index in [0.717, 1.165) is 22.2 Å². The summed E-state index contributed by atoms with van der Waals surface area (Å²) >= 11 is 9.24. The summed E-state index contributed by atoms with van der Waals surface area (Å²) in [6.07, 6.45) is -4.81. The van der Waals surface area contributed by atoms with Crippen LogP contribution in [0.25, 0.3) is 0 Å². The van der Waals surface area contributed by atoms with Crippen molar-refractivity contribution < 1.29 is 31.2 Å². The number of nitrogens with zero attached hydrogens (tertiary/aromatic N) is 2. The molecule has 1 N–H and O–H groups in total. The number of halogens is 5. The molecule has 0 fully saturated rings. The maximum absolute atomic E-state index is 14.4. The lowest BCUT2D eigenvalue weighted by Crippen LogP contribution is -2.54. The van der Waals surface area contributed by atoms with Gasteiger partial charge in [0.1, 0.15) is 12.6 Å². The van der Waals surface area contributed by atoms with Crippen molar-refractivity contribution in [1.82, 2.24) is 10.2 Å². The van der Waals surface area contributed by atoms with Crippen molar-refractivity contribution in [3.05, 3.63) is 129 Å². The van der Waals surface area contributed by atoms with Gasteiger partial charge in [-0.2, -0.15) is 13.2 Å². The lowest BCUT2D eigenvalue weighted by Gasteiger charge is -2.34.